The van der Waals surface area contributed by atoms with E-state index in [0.29, 0.717) is 5.19 Å². The molecule has 3 rings (SSSR count). The molecular weight excluding hydrogens is 346 g/mol. The van der Waals surface area contributed by atoms with E-state index >= 15 is 0 Å². The standard InChI is InChI=1S/C17H28F2N4OS/c1-17(18,19)12-24-16-21-14-11-22(8-6-15(14)25-16)7-3-13-4-9-23(20-2)10-5-13/h13,20H,3-12H2,1-2H3. The van der Waals surface area contributed by atoms with Crippen molar-refractivity contribution in [3.63, 3.8) is 0 Å². The summed E-state index contributed by atoms with van der Waals surface area (Å²) >= 11 is 1.42. The molecule has 1 fully saturated rings. The third kappa shape index (κ3) is 5.57. The number of alkyl halides is 2. The van der Waals surface area contributed by atoms with E-state index in [1.54, 1.807) is 0 Å². The number of rotatable bonds is 7. The molecule has 0 aromatic carbocycles. The van der Waals surface area contributed by atoms with Gasteiger partial charge in [-0.05, 0) is 45.2 Å². The van der Waals surface area contributed by atoms with Gasteiger partial charge in [0.15, 0.2) is 6.61 Å². The summed E-state index contributed by atoms with van der Waals surface area (Å²) in [4.78, 5) is 8.05. The lowest BCUT2D eigenvalue weighted by Gasteiger charge is -2.33. The third-order valence-electron chi connectivity index (χ3n) is 5.02. The summed E-state index contributed by atoms with van der Waals surface area (Å²) in [5.74, 6) is -2.02. The number of nitrogens with one attached hydrogen (secondary N) is 1. The van der Waals surface area contributed by atoms with Crippen molar-refractivity contribution in [3.05, 3.63) is 10.6 Å². The molecule has 1 aromatic heterocycles. The molecule has 1 aromatic rings. The van der Waals surface area contributed by atoms with Crippen molar-refractivity contribution in [2.24, 2.45) is 5.92 Å². The molecule has 0 amide bonds. The van der Waals surface area contributed by atoms with E-state index in [1.807, 2.05) is 7.05 Å². The highest BCUT2D eigenvalue weighted by Crippen LogP contribution is 2.31. The fraction of sp³-hybridized carbons (Fsp3) is 0.824. The van der Waals surface area contributed by atoms with Gasteiger partial charge >= 0.3 is 0 Å². The predicted octanol–water partition coefficient (Wildman–Crippen LogP) is 2.77. The van der Waals surface area contributed by atoms with Crippen LogP contribution in [0.1, 0.15) is 36.8 Å². The van der Waals surface area contributed by atoms with E-state index in [4.69, 9.17) is 4.74 Å². The van der Waals surface area contributed by atoms with Gasteiger partial charge in [0.2, 0.25) is 0 Å². The number of hydrazine groups is 1. The first kappa shape index (κ1) is 18.9. The largest absolute Gasteiger partial charge is 0.464 e. The average Bonchev–Trinajstić information content (AvgIpc) is 3.00. The van der Waals surface area contributed by atoms with Crippen LogP contribution in [0.15, 0.2) is 0 Å². The van der Waals surface area contributed by atoms with E-state index in [0.717, 1.165) is 57.7 Å². The second-order valence-corrected chi connectivity index (χ2v) is 8.22. The van der Waals surface area contributed by atoms with Crippen LogP contribution in [0.2, 0.25) is 0 Å². The molecule has 142 valence electrons. The number of aromatic nitrogens is 1. The Hall–Kier alpha value is -0.830. The van der Waals surface area contributed by atoms with Crippen LogP contribution in [0.3, 0.4) is 0 Å². The Bertz CT molecular complexity index is 555. The van der Waals surface area contributed by atoms with Crippen LogP contribution in [-0.4, -0.2) is 60.6 Å². The summed E-state index contributed by atoms with van der Waals surface area (Å²) in [6.45, 7) is 5.43. The highest BCUT2D eigenvalue weighted by molar-refractivity contribution is 7.13. The Morgan fingerprint density at radius 3 is 2.76 bits per heavy atom. The van der Waals surface area contributed by atoms with Crippen LogP contribution in [0.4, 0.5) is 8.78 Å². The molecule has 0 atom stereocenters. The van der Waals surface area contributed by atoms with E-state index in [-0.39, 0.29) is 0 Å². The number of piperidine rings is 1. The molecule has 5 nitrogen and oxygen atoms in total. The molecule has 25 heavy (non-hydrogen) atoms. The number of nitrogens with zero attached hydrogens (tertiary/aromatic N) is 3. The Kier molecular flexibility index (Phi) is 6.25. The minimum atomic E-state index is -2.82. The molecule has 0 unspecified atom stereocenters. The highest BCUT2D eigenvalue weighted by Gasteiger charge is 2.26. The molecule has 0 spiro atoms. The van der Waals surface area contributed by atoms with Crippen LogP contribution in [0.25, 0.3) is 0 Å². The maximum atomic E-state index is 12.9. The normalized spacial score (nSPS) is 20.6. The molecule has 2 aliphatic rings. The van der Waals surface area contributed by atoms with E-state index in [1.165, 1.54) is 35.5 Å². The summed E-state index contributed by atoms with van der Waals surface area (Å²) in [6, 6.07) is 0. The Morgan fingerprint density at radius 1 is 1.32 bits per heavy atom. The van der Waals surface area contributed by atoms with Crippen LogP contribution in [0, 0.1) is 5.92 Å². The van der Waals surface area contributed by atoms with Gasteiger partial charge in [-0.3, -0.25) is 10.3 Å². The predicted molar refractivity (Wildman–Crippen MR) is 95.2 cm³/mol. The number of hydrogen-bond acceptors (Lipinski definition) is 6. The van der Waals surface area contributed by atoms with Gasteiger partial charge in [-0.1, -0.05) is 11.3 Å². The molecular formula is C17H28F2N4OS. The number of fused-ring (bicyclic) bond motifs is 1. The molecule has 0 bridgehead atoms. The topological polar surface area (TPSA) is 40.6 Å². The van der Waals surface area contributed by atoms with Gasteiger partial charge in [0.25, 0.3) is 11.1 Å². The van der Waals surface area contributed by atoms with E-state index < -0.39 is 12.5 Å². The van der Waals surface area contributed by atoms with Crippen molar-refractivity contribution in [2.75, 3.05) is 39.8 Å². The van der Waals surface area contributed by atoms with Gasteiger partial charge in [-0.2, -0.15) is 0 Å². The number of ether oxygens (including phenoxy) is 1. The van der Waals surface area contributed by atoms with Crippen molar-refractivity contribution >= 4 is 11.3 Å². The molecule has 1 N–H and O–H groups in total. The van der Waals surface area contributed by atoms with Crippen molar-refractivity contribution in [3.8, 4) is 5.19 Å². The molecule has 2 aliphatic heterocycles. The lowest BCUT2D eigenvalue weighted by Crippen LogP contribution is -2.42. The van der Waals surface area contributed by atoms with Crippen molar-refractivity contribution in [2.45, 2.75) is 45.1 Å². The second-order valence-electron chi connectivity index (χ2n) is 7.18. The van der Waals surface area contributed by atoms with Gasteiger partial charge in [0, 0.05) is 38.0 Å². The SMILES string of the molecule is CNN1CCC(CCN2CCc3sc(OCC(C)(F)F)nc3C2)CC1. The second kappa shape index (κ2) is 8.24. The van der Waals surface area contributed by atoms with Crippen LogP contribution < -0.4 is 10.2 Å². The Balaban J connectivity index is 1.44. The minimum absolute atomic E-state index is 0.382. The first-order valence-electron chi connectivity index (χ1n) is 9.07. The maximum Gasteiger partial charge on any atom is 0.278 e. The van der Waals surface area contributed by atoms with Crippen LogP contribution in [0.5, 0.6) is 5.19 Å². The van der Waals surface area contributed by atoms with Gasteiger partial charge in [0.05, 0.1) is 5.69 Å². The summed E-state index contributed by atoms with van der Waals surface area (Å²) in [6.07, 6.45) is 4.67. The zero-order chi connectivity index (χ0) is 17.9. The summed E-state index contributed by atoms with van der Waals surface area (Å²) in [5.41, 5.74) is 4.23. The number of hydrogen-bond donors (Lipinski definition) is 1. The van der Waals surface area contributed by atoms with E-state index in [9.17, 15) is 8.78 Å². The summed E-state index contributed by atoms with van der Waals surface area (Å²) in [5, 5.41) is 2.66. The van der Waals surface area contributed by atoms with Crippen molar-refractivity contribution in [1.29, 1.82) is 0 Å². The molecule has 3 heterocycles. The minimum Gasteiger partial charge on any atom is -0.464 e. The van der Waals surface area contributed by atoms with Gasteiger partial charge in [-0.25, -0.2) is 18.8 Å². The number of thiazole rings is 1. The zero-order valence-electron chi connectivity index (χ0n) is 15.1. The monoisotopic (exact) mass is 374 g/mol. The van der Waals surface area contributed by atoms with Crippen molar-refractivity contribution in [1.82, 2.24) is 20.3 Å². The smallest absolute Gasteiger partial charge is 0.278 e. The van der Waals surface area contributed by atoms with Crippen molar-refractivity contribution < 1.29 is 13.5 Å². The lowest BCUT2D eigenvalue weighted by molar-refractivity contribution is -0.0230. The van der Waals surface area contributed by atoms with E-state index in [2.05, 4.69) is 20.3 Å². The first-order valence-corrected chi connectivity index (χ1v) is 9.88. The zero-order valence-corrected chi connectivity index (χ0v) is 15.9. The molecule has 1 saturated heterocycles. The Morgan fingerprint density at radius 2 is 2.08 bits per heavy atom. The third-order valence-corrected chi connectivity index (χ3v) is 6.09. The fourth-order valence-electron chi connectivity index (χ4n) is 3.48. The van der Waals surface area contributed by atoms with Crippen LogP contribution in [-0.2, 0) is 13.0 Å². The fourth-order valence-corrected chi connectivity index (χ4v) is 4.39. The maximum absolute atomic E-state index is 12.9. The highest BCUT2D eigenvalue weighted by atomic mass is 32.1. The average molecular weight is 375 g/mol. The molecule has 0 aliphatic carbocycles. The number of halogens is 2. The summed E-state index contributed by atoms with van der Waals surface area (Å²) < 4.78 is 31.0. The molecule has 0 saturated carbocycles. The summed E-state index contributed by atoms with van der Waals surface area (Å²) in [7, 11) is 1.99. The van der Waals surface area contributed by atoms with Crippen LogP contribution >= 0.6 is 11.3 Å². The van der Waals surface area contributed by atoms with Gasteiger partial charge in [0.1, 0.15) is 0 Å². The quantitative estimate of drug-likeness (QED) is 0.795. The van der Waals surface area contributed by atoms with Gasteiger partial charge < -0.3 is 4.74 Å². The molecule has 0 radical (unpaired) electrons. The molecule has 8 heteroatoms. The lowest BCUT2D eigenvalue weighted by atomic mass is 9.94. The first-order chi connectivity index (χ1) is 11.9. The Labute approximate surface area is 152 Å². The van der Waals surface area contributed by atoms with Gasteiger partial charge in [-0.15, -0.1) is 0 Å².